The number of ether oxygens (including phenoxy) is 1. The average molecular weight is 284 g/mol. The van der Waals surface area contributed by atoms with Gasteiger partial charge in [0.1, 0.15) is 5.69 Å². The highest BCUT2D eigenvalue weighted by Gasteiger charge is 2.12. The molecule has 1 amide bonds. The molecule has 5 nitrogen and oxygen atoms in total. The smallest absolute Gasteiger partial charge is 0.357 e. The fourth-order valence-electron chi connectivity index (χ4n) is 1.88. The van der Waals surface area contributed by atoms with E-state index in [2.05, 4.69) is 10.3 Å². The van der Waals surface area contributed by atoms with Crippen molar-refractivity contribution in [3.8, 4) is 0 Å². The highest BCUT2D eigenvalue weighted by atomic mass is 16.5. The van der Waals surface area contributed by atoms with Gasteiger partial charge in [-0.15, -0.1) is 0 Å². The molecule has 0 radical (unpaired) electrons. The minimum atomic E-state index is -0.618. The number of para-hydroxylation sites is 1. The summed E-state index contributed by atoms with van der Waals surface area (Å²) >= 11 is 0. The van der Waals surface area contributed by atoms with Crippen LogP contribution in [0.5, 0.6) is 0 Å². The van der Waals surface area contributed by atoms with E-state index >= 15 is 0 Å². The SMILES string of the molecule is Cc1cccc(C)c1NC(=O)COC(=O)c1ccccn1. The van der Waals surface area contributed by atoms with Crippen LogP contribution in [-0.2, 0) is 9.53 Å². The number of esters is 1. The van der Waals surface area contributed by atoms with Gasteiger partial charge in [0.25, 0.3) is 5.91 Å². The van der Waals surface area contributed by atoms with E-state index < -0.39 is 5.97 Å². The molecule has 1 aromatic carbocycles. The van der Waals surface area contributed by atoms with Gasteiger partial charge in [-0.2, -0.15) is 0 Å². The van der Waals surface area contributed by atoms with Gasteiger partial charge in [0.2, 0.25) is 0 Å². The molecular weight excluding hydrogens is 268 g/mol. The summed E-state index contributed by atoms with van der Waals surface area (Å²) in [7, 11) is 0. The Bertz CT molecular complexity index is 634. The van der Waals surface area contributed by atoms with Gasteiger partial charge in [0.05, 0.1) is 0 Å². The van der Waals surface area contributed by atoms with Crippen molar-refractivity contribution in [2.24, 2.45) is 0 Å². The van der Waals surface area contributed by atoms with Crippen molar-refractivity contribution in [3.63, 3.8) is 0 Å². The number of aryl methyl sites for hydroxylation is 2. The number of aromatic nitrogens is 1. The van der Waals surface area contributed by atoms with Gasteiger partial charge in [-0.05, 0) is 37.1 Å². The Balaban J connectivity index is 1.92. The Morgan fingerprint density at radius 2 is 1.81 bits per heavy atom. The van der Waals surface area contributed by atoms with E-state index in [0.29, 0.717) is 0 Å². The second kappa shape index (κ2) is 6.65. The molecule has 0 aliphatic rings. The van der Waals surface area contributed by atoms with E-state index in [-0.39, 0.29) is 18.2 Å². The number of anilines is 1. The minimum absolute atomic E-state index is 0.178. The van der Waals surface area contributed by atoms with Gasteiger partial charge in [-0.3, -0.25) is 4.79 Å². The van der Waals surface area contributed by atoms with Crippen molar-refractivity contribution in [1.29, 1.82) is 0 Å². The first-order chi connectivity index (χ1) is 10.1. The topological polar surface area (TPSA) is 68.3 Å². The fourth-order valence-corrected chi connectivity index (χ4v) is 1.88. The van der Waals surface area contributed by atoms with Crippen molar-refractivity contribution >= 4 is 17.6 Å². The highest BCUT2D eigenvalue weighted by Crippen LogP contribution is 2.19. The summed E-state index contributed by atoms with van der Waals surface area (Å²) in [6, 6.07) is 10.6. The zero-order valence-electron chi connectivity index (χ0n) is 11.9. The Kier molecular flexibility index (Phi) is 4.66. The molecule has 1 N–H and O–H groups in total. The van der Waals surface area contributed by atoms with Gasteiger partial charge in [-0.1, -0.05) is 24.3 Å². The third kappa shape index (κ3) is 3.89. The summed E-state index contributed by atoms with van der Waals surface area (Å²) in [6.07, 6.45) is 1.49. The van der Waals surface area contributed by atoms with Gasteiger partial charge in [0.15, 0.2) is 6.61 Å². The number of carbonyl (C=O) groups is 2. The monoisotopic (exact) mass is 284 g/mol. The Hall–Kier alpha value is -2.69. The van der Waals surface area contributed by atoms with Gasteiger partial charge in [0, 0.05) is 11.9 Å². The van der Waals surface area contributed by atoms with Crippen LogP contribution in [0.2, 0.25) is 0 Å². The number of carbonyl (C=O) groups excluding carboxylic acids is 2. The summed E-state index contributed by atoms with van der Waals surface area (Å²) in [4.78, 5) is 27.4. The maximum atomic E-state index is 11.8. The molecule has 108 valence electrons. The third-order valence-corrected chi connectivity index (χ3v) is 2.95. The molecule has 0 spiro atoms. The molecule has 0 unspecified atom stereocenters. The molecule has 1 heterocycles. The lowest BCUT2D eigenvalue weighted by atomic mass is 10.1. The molecule has 0 atom stereocenters. The van der Waals surface area contributed by atoms with Crippen molar-refractivity contribution in [1.82, 2.24) is 4.98 Å². The number of pyridine rings is 1. The predicted molar refractivity (Wildman–Crippen MR) is 79.1 cm³/mol. The summed E-state index contributed by atoms with van der Waals surface area (Å²) in [5.74, 6) is -0.996. The summed E-state index contributed by atoms with van der Waals surface area (Å²) in [5.41, 5.74) is 2.84. The highest BCUT2D eigenvalue weighted by molar-refractivity contribution is 5.95. The van der Waals surface area contributed by atoms with Crippen LogP contribution < -0.4 is 5.32 Å². The largest absolute Gasteiger partial charge is 0.451 e. The fraction of sp³-hybridized carbons (Fsp3) is 0.188. The Morgan fingerprint density at radius 1 is 1.10 bits per heavy atom. The van der Waals surface area contributed by atoms with Crippen molar-refractivity contribution in [2.45, 2.75) is 13.8 Å². The van der Waals surface area contributed by atoms with Gasteiger partial charge >= 0.3 is 5.97 Å². The van der Waals surface area contributed by atoms with E-state index in [1.807, 2.05) is 32.0 Å². The number of hydrogen-bond acceptors (Lipinski definition) is 4. The molecule has 5 heteroatoms. The van der Waals surface area contributed by atoms with Crippen LogP contribution in [-0.4, -0.2) is 23.5 Å². The summed E-state index contributed by atoms with van der Waals surface area (Å²) < 4.78 is 4.93. The van der Waals surface area contributed by atoms with Crippen LogP contribution in [0.4, 0.5) is 5.69 Å². The molecule has 0 aliphatic heterocycles. The lowest BCUT2D eigenvalue weighted by molar-refractivity contribution is -0.119. The van der Waals surface area contributed by atoms with Crippen LogP contribution in [0.1, 0.15) is 21.6 Å². The Labute approximate surface area is 123 Å². The number of amides is 1. The molecule has 0 saturated heterocycles. The molecule has 0 aliphatic carbocycles. The number of nitrogens with one attached hydrogen (secondary N) is 1. The van der Waals surface area contributed by atoms with Gasteiger partial charge in [-0.25, -0.2) is 9.78 Å². The maximum Gasteiger partial charge on any atom is 0.357 e. The summed E-state index contributed by atoms with van der Waals surface area (Å²) in [5, 5.41) is 2.75. The van der Waals surface area contributed by atoms with Crippen LogP contribution in [0.25, 0.3) is 0 Å². The zero-order valence-corrected chi connectivity index (χ0v) is 11.9. The van der Waals surface area contributed by atoms with E-state index in [1.165, 1.54) is 12.3 Å². The summed E-state index contributed by atoms with van der Waals surface area (Å²) in [6.45, 7) is 3.47. The predicted octanol–water partition coefficient (Wildman–Crippen LogP) is 2.49. The maximum absolute atomic E-state index is 11.8. The lowest BCUT2D eigenvalue weighted by Crippen LogP contribution is -2.22. The Morgan fingerprint density at radius 3 is 2.43 bits per heavy atom. The number of hydrogen-bond donors (Lipinski definition) is 1. The first-order valence-electron chi connectivity index (χ1n) is 6.52. The first-order valence-corrected chi connectivity index (χ1v) is 6.52. The molecule has 0 bridgehead atoms. The van der Waals surface area contributed by atoms with Crippen LogP contribution in [0.3, 0.4) is 0 Å². The molecule has 0 saturated carbocycles. The van der Waals surface area contributed by atoms with E-state index in [9.17, 15) is 9.59 Å². The van der Waals surface area contributed by atoms with Crippen molar-refractivity contribution < 1.29 is 14.3 Å². The first kappa shape index (κ1) is 14.7. The van der Waals surface area contributed by atoms with E-state index in [4.69, 9.17) is 4.74 Å². The van der Waals surface area contributed by atoms with E-state index in [0.717, 1.165) is 16.8 Å². The lowest BCUT2D eigenvalue weighted by Gasteiger charge is -2.11. The second-order valence-electron chi connectivity index (χ2n) is 4.61. The number of rotatable bonds is 4. The normalized spacial score (nSPS) is 10.0. The van der Waals surface area contributed by atoms with Crippen LogP contribution >= 0.6 is 0 Å². The molecule has 1 aromatic heterocycles. The zero-order chi connectivity index (χ0) is 15.2. The molecular formula is C16H16N2O3. The van der Waals surface area contributed by atoms with Crippen LogP contribution in [0.15, 0.2) is 42.6 Å². The second-order valence-corrected chi connectivity index (χ2v) is 4.61. The third-order valence-electron chi connectivity index (χ3n) is 2.95. The van der Waals surface area contributed by atoms with Crippen molar-refractivity contribution in [2.75, 3.05) is 11.9 Å². The van der Waals surface area contributed by atoms with Crippen LogP contribution in [0, 0.1) is 13.8 Å². The number of nitrogens with zero attached hydrogens (tertiary/aromatic N) is 1. The molecule has 2 rings (SSSR count). The average Bonchev–Trinajstić information content (AvgIpc) is 2.49. The van der Waals surface area contributed by atoms with Gasteiger partial charge < -0.3 is 10.1 Å². The number of benzene rings is 1. The molecule has 0 fully saturated rings. The van der Waals surface area contributed by atoms with Crippen molar-refractivity contribution in [3.05, 3.63) is 59.4 Å². The quantitative estimate of drug-likeness (QED) is 0.876. The molecule has 21 heavy (non-hydrogen) atoms. The molecule has 2 aromatic rings. The minimum Gasteiger partial charge on any atom is -0.451 e. The standard InChI is InChI=1S/C16H16N2O3/c1-11-6-5-7-12(2)15(11)18-14(19)10-21-16(20)13-8-3-4-9-17-13/h3-9H,10H2,1-2H3,(H,18,19). The van der Waals surface area contributed by atoms with E-state index in [1.54, 1.807) is 12.1 Å².